The molecule has 8 heteroatoms. The third kappa shape index (κ3) is 3.47. The van der Waals surface area contributed by atoms with Crippen LogP contribution in [0.1, 0.15) is 10.4 Å². The Morgan fingerprint density at radius 1 is 1.19 bits per heavy atom. The van der Waals surface area contributed by atoms with E-state index in [1.165, 1.54) is 24.3 Å². The molecule has 0 bridgehead atoms. The molecule has 2 aromatic carbocycles. The van der Waals surface area contributed by atoms with E-state index in [0.717, 1.165) is 12.1 Å². The van der Waals surface area contributed by atoms with Gasteiger partial charge in [0.15, 0.2) is 11.6 Å². The lowest BCUT2D eigenvalue weighted by Gasteiger charge is -2.07. The zero-order chi connectivity index (χ0) is 15.4. The first-order valence-corrected chi connectivity index (χ1v) is 6.00. The molecule has 0 aliphatic carbocycles. The topological polar surface area (TPSA) is 77.9 Å². The summed E-state index contributed by atoms with van der Waals surface area (Å²) in [6, 6.07) is 7.42. The van der Waals surface area contributed by atoms with Crippen LogP contribution in [0.25, 0.3) is 10.4 Å². The van der Waals surface area contributed by atoms with Gasteiger partial charge < -0.3 is 5.32 Å². The minimum Gasteiger partial charge on any atom is -0.322 e. The van der Waals surface area contributed by atoms with Gasteiger partial charge in [0.2, 0.25) is 0 Å². The summed E-state index contributed by atoms with van der Waals surface area (Å²) in [4.78, 5) is 14.6. The number of nitrogens with one attached hydrogen (secondary N) is 1. The number of carbonyl (C=O) groups is 1. The first-order chi connectivity index (χ1) is 10.0. The molecule has 0 unspecified atom stereocenters. The van der Waals surface area contributed by atoms with Crippen molar-refractivity contribution in [1.29, 1.82) is 0 Å². The van der Waals surface area contributed by atoms with Gasteiger partial charge >= 0.3 is 0 Å². The van der Waals surface area contributed by atoms with E-state index in [0.29, 0.717) is 11.4 Å². The van der Waals surface area contributed by atoms with Crippen LogP contribution in [0, 0.1) is 11.6 Å². The van der Waals surface area contributed by atoms with E-state index in [1.807, 2.05) is 0 Å². The Hall–Kier alpha value is -2.63. The van der Waals surface area contributed by atoms with Gasteiger partial charge in [0, 0.05) is 16.3 Å². The molecule has 0 atom stereocenters. The Labute approximate surface area is 122 Å². The fourth-order valence-electron chi connectivity index (χ4n) is 1.56. The van der Waals surface area contributed by atoms with E-state index in [1.54, 1.807) is 0 Å². The van der Waals surface area contributed by atoms with Gasteiger partial charge in [-0.15, -0.1) is 0 Å². The molecule has 5 nitrogen and oxygen atoms in total. The van der Waals surface area contributed by atoms with Crippen molar-refractivity contribution in [2.45, 2.75) is 0 Å². The molecule has 106 valence electrons. The van der Waals surface area contributed by atoms with Crippen LogP contribution in [0.5, 0.6) is 0 Å². The molecule has 0 saturated heterocycles. The second-order valence-electron chi connectivity index (χ2n) is 3.94. The summed E-state index contributed by atoms with van der Waals surface area (Å²) < 4.78 is 26.1. The van der Waals surface area contributed by atoms with Crippen LogP contribution in [-0.2, 0) is 0 Å². The molecular weight excluding hydrogens is 302 g/mol. The lowest BCUT2D eigenvalue weighted by molar-refractivity contribution is 0.102. The second-order valence-corrected chi connectivity index (χ2v) is 4.34. The molecule has 0 aliphatic rings. The maximum absolute atomic E-state index is 13.1. The summed E-state index contributed by atoms with van der Waals surface area (Å²) in [6.07, 6.45) is 0. The molecule has 2 aromatic rings. The molecule has 0 spiro atoms. The van der Waals surface area contributed by atoms with E-state index in [-0.39, 0.29) is 10.6 Å². The van der Waals surface area contributed by atoms with Crippen molar-refractivity contribution >= 4 is 28.9 Å². The summed E-state index contributed by atoms with van der Waals surface area (Å²) in [5.74, 6) is -2.98. The Bertz CT molecular complexity index is 743. The summed E-state index contributed by atoms with van der Waals surface area (Å²) in [5, 5.41) is 5.65. The number of anilines is 1. The van der Waals surface area contributed by atoms with Crippen molar-refractivity contribution in [2.24, 2.45) is 5.11 Å². The SMILES string of the molecule is [N-]=[N+]=Nc1ccc(NC(=O)c2cc(F)c(F)cc2Cl)cc1. The first-order valence-electron chi connectivity index (χ1n) is 5.62. The Kier molecular flexibility index (Phi) is 4.37. The van der Waals surface area contributed by atoms with Crippen molar-refractivity contribution in [1.82, 2.24) is 0 Å². The number of rotatable bonds is 3. The third-order valence-electron chi connectivity index (χ3n) is 2.54. The number of benzene rings is 2. The second kappa shape index (κ2) is 6.21. The van der Waals surface area contributed by atoms with Crippen molar-refractivity contribution in [3.05, 3.63) is 69.1 Å². The van der Waals surface area contributed by atoms with Gasteiger partial charge in [-0.1, -0.05) is 28.8 Å². The highest BCUT2D eigenvalue weighted by Crippen LogP contribution is 2.22. The molecule has 0 fully saturated rings. The van der Waals surface area contributed by atoms with E-state index < -0.39 is 17.5 Å². The highest BCUT2D eigenvalue weighted by atomic mass is 35.5. The van der Waals surface area contributed by atoms with Crippen LogP contribution in [0.15, 0.2) is 41.5 Å². The van der Waals surface area contributed by atoms with E-state index >= 15 is 0 Å². The zero-order valence-corrected chi connectivity index (χ0v) is 11.1. The molecule has 0 heterocycles. The van der Waals surface area contributed by atoms with E-state index in [2.05, 4.69) is 15.3 Å². The maximum atomic E-state index is 13.1. The Balaban J connectivity index is 2.21. The predicted molar refractivity (Wildman–Crippen MR) is 74.6 cm³/mol. The molecule has 0 saturated carbocycles. The molecular formula is C13H7ClF2N4O. The van der Waals surface area contributed by atoms with Gasteiger partial charge in [-0.2, -0.15) is 0 Å². The first kappa shape index (κ1) is 14.8. The number of nitrogens with zero attached hydrogens (tertiary/aromatic N) is 3. The zero-order valence-electron chi connectivity index (χ0n) is 10.3. The quantitative estimate of drug-likeness (QED) is 0.375. The normalized spacial score (nSPS) is 9.86. The van der Waals surface area contributed by atoms with Crippen molar-refractivity contribution in [2.75, 3.05) is 5.32 Å². The van der Waals surface area contributed by atoms with Crippen LogP contribution in [0.3, 0.4) is 0 Å². The summed E-state index contributed by atoms with van der Waals surface area (Å²) in [5.41, 5.74) is 8.85. The summed E-state index contributed by atoms with van der Waals surface area (Å²) in [6.45, 7) is 0. The molecule has 21 heavy (non-hydrogen) atoms. The van der Waals surface area contributed by atoms with Crippen molar-refractivity contribution in [3.8, 4) is 0 Å². The fraction of sp³-hybridized carbons (Fsp3) is 0. The van der Waals surface area contributed by atoms with Gasteiger partial charge in [-0.25, -0.2) is 8.78 Å². The average molecular weight is 309 g/mol. The molecule has 2 rings (SSSR count). The summed E-state index contributed by atoms with van der Waals surface area (Å²) >= 11 is 5.71. The monoisotopic (exact) mass is 308 g/mol. The van der Waals surface area contributed by atoms with Gasteiger partial charge in [0.25, 0.3) is 5.91 Å². The fourth-order valence-corrected chi connectivity index (χ4v) is 1.79. The van der Waals surface area contributed by atoms with Crippen LogP contribution < -0.4 is 5.32 Å². The van der Waals surface area contributed by atoms with Crippen LogP contribution in [0.4, 0.5) is 20.2 Å². The number of carbonyl (C=O) groups excluding carboxylic acids is 1. The van der Waals surface area contributed by atoms with Crippen LogP contribution >= 0.6 is 11.6 Å². The summed E-state index contributed by atoms with van der Waals surface area (Å²) in [7, 11) is 0. The van der Waals surface area contributed by atoms with E-state index in [4.69, 9.17) is 17.1 Å². The van der Waals surface area contributed by atoms with Crippen molar-refractivity contribution in [3.63, 3.8) is 0 Å². The average Bonchev–Trinajstić information content (AvgIpc) is 2.45. The standard InChI is InChI=1S/C13H7ClF2N4O/c14-10-6-12(16)11(15)5-9(10)13(21)18-7-1-3-8(4-2-7)19-20-17/h1-6H,(H,18,21). The molecule has 0 aliphatic heterocycles. The lowest BCUT2D eigenvalue weighted by atomic mass is 10.2. The Morgan fingerprint density at radius 3 is 2.43 bits per heavy atom. The van der Waals surface area contributed by atoms with Gasteiger partial charge in [-0.05, 0) is 29.8 Å². The number of hydrogen-bond donors (Lipinski definition) is 1. The smallest absolute Gasteiger partial charge is 0.257 e. The lowest BCUT2D eigenvalue weighted by Crippen LogP contribution is -2.13. The molecule has 0 aromatic heterocycles. The maximum Gasteiger partial charge on any atom is 0.257 e. The number of amides is 1. The minimum absolute atomic E-state index is 0.185. The number of halogens is 3. The minimum atomic E-state index is -1.16. The van der Waals surface area contributed by atoms with Crippen molar-refractivity contribution < 1.29 is 13.6 Å². The van der Waals surface area contributed by atoms with Gasteiger partial charge in [0.1, 0.15) is 0 Å². The number of azide groups is 1. The predicted octanol–water partition coefficient (Wildman–Crippen LogP) is 4.81. The van der Waals surface area contributed by atoms with Gasteiger partial charge in [-0.3, -0.25) is 4.79 Å². The van der Waals surface area contributed by atoms with Crippen LogP contribution in [-0.4, -0.2) is 5.91 Å². The largest absolute Gasteiger partial charge is 0.322 e. The highest BCUT2D eigenvalue weighted by Gasteiger charge is 2.15. The molecule has 1 N–H and O–H groups in total. The van der Waals surface area contributed by atoms with E-state index in [9.17, 15) is 13.6 Å². The van der Waals surface area contributed by atoms with Crippen LogP contribution in [0.2, 0.25) is 5.02 Å². The Morgan fingerprint density at radius 2 is 1.81 bits per heavy atom. The number of hydrogen-bond acceptors (Lipinski definition) is 2. The molecule has 0 radical (unpaired) electrons. The molecule has 1 amide bonds. The third-order valence-corrected chi connectivity index (χ3v) is 2.85. The van der Waals surface area contributed by atoms with Gasteiger partial charge in [0.05, 0.1) is 10.6 Å². The highest BCUT2D eigenvalue weighted by molar-refractivity contribution is 6.34.